The molecule has 5 heterocycles. The average molecular weight is 494 g/mol. The first-order valence-corrected chi connectivity index (χ1v) is 14.5. The van der Waals surface area contributed by atoms with E-state index >= 15 is 0 Å². The van der Waals surface area contributed by atoms with Gasteiger partial charge in [-0.3, -0.25) is 4.79 Å². The van der Waals surface area contributed by atoms with Crippen LogP contribution in [0.25, 0.3) is 5.65 Å². The number of carbonyl (C=O) groups is 1. The summed E-state index contributed by atoms with van der Waals surface area (Å²) in [4.78, 5) is 23.2. The number of aromatic nitrogens is 3. The third-order valence-corrected chi connectivity index (χ3v) is 9.40. The van der Waals surface area contributed by atoms with Crippen LogP contribution in [0.15, 0.2) is 12.3 Å². The molecule has 4 aliphatic rings. The molecule has 2 aromatic heterocycles. The van der Waals surface area contributed by atoms with E-state index in [1.165, 1.54) is 38.8 Å². The molecule has 3 atom stereocenters. The summed E-state index contributed by atoms with van der Waals surface area (Å²) in [5, 5.41) is 8.52. The van der Waals surface area contributed by atoms with E-state index in [2.05, 4.69) is 34.3 Å². The minimum atomic E-state index is 0.0668. The zero-order valence-electron chi connectivity index (χ0n) is 21.9. The van der Waals surface area contributed by atoms with E-state index in [4.69, 9.17) is 15.8 Å². The van der Waals surface area contributed by atoms with Crippen molar-refractivity contribution >= 4 is 17.4 Å². The van der Waals surface area contributed by atoms with E-state index in [0.717, 1.165) is 92.7 Å². The van der Waals surface area contributed by atoms with E-state index in [0.29, 0.717) is 5.91 Å². The lowest BCUT2D eigenvalue weighted by atomic mass is 9.73. The van der Waals surface area contributed by atoms with Gasteiger partial charge in [0.2, 0.25) is 5.91 Å². The highest BCUT2D eigenvalue weighted by atomic mass is 16.2. The van der Waals surface area contributed by atoms with E-state index in [1.54, 1.807) is 0 Å². The van der Waals surface area contributed by atoms with Crippen LogP contribution in [0.3, 0.4) is 0 Å². The number of fused-ring (bicyclic) bond motifs is 1. The summed E-state index contributed by atoms with van der Waals surface area (Å²) in [6.45, 7) is 7.11. The lowest BCUT2D eigenvalue weighted by Gasteiger charge is -2.40. The van der Waals surface area contributed by atoms with Gasteiger partial charge in [0, 0.05) is 49.4 Å². The Morgan fingerprint density at radius 2 is 1.89 bits per heavy atom. The maximum atomic E-state index is 13.8. The molecule has 3 saturated heterocycles. The zero-order chi connectivity index (χ0) is 24.6. The number of aryl methyl sites for hydroxylation is 1. The largest absolute Gasteiger partial charge is 0.355 e. The highest BCUT2D eigenvalue weighted by molar-refractivity contribution is 5.79. The van der Waals surface area contributed by atoms with Gasteiger partial charge < -0.3 is 20.9 Å². The molecule has 1 unspecified atom stereocenters. The van der Waals surface area contributed by atoms with Crippen molar-refractivity contribution < 1.29 is 4.79 Å². The number of amides is 1. The van der Waals surface area contributed by atoms with E-state index < -0.39 is 0 Å². The molecule has 36 heavy (non-hydrogen) atoms. The molecular weight excluding hydrogens is 450 g/mol. The van der Waals surface area contributed by atoms with Crippen molar-refractivity contribution in [3.8, 4) is 0 Å². The standard InChI is InChI=1S/C28H43N7O/c1-19-17-35-26(31-27(19)33-14-11-23(29)18-33)15-24(32-35)25-6-2-3-13-34(25)28(36)21-9-7-20(8-10-21)22-5-4-12-30-16-22/h15,17,20-23,25,30H,2-14,16,18,29H2,1H3/t20?,21?,22?,23-,25-/m0/s1. The lowest BCUT2D eigenvalue weighted by Crippen LogP contribution is -2.43. The number of anilines is 1. The fourth-order valence-corrected chi connectivity index (χ4v) is 7.34. The van der Waals surface area contributed by atoms with Crippen molar-refractivity contribution in [1.29, 1.82) is 0 Å². The fourth-order valence-electron chi connectivity index (χ4n) is 7.34. The number of piperidine rings is 2. The van der Waals surface area contributed by atoms with Gasteiger partial charge in [0.1, 0.15) is 5.82 Å². The fraction of sp³-hybridized carbons (Fsp3) is 0.750. The van der Waals surface area contributed by atoms with Crippen LogP contribution in [0.5, 0.6) is 0 Å². The SMILES string of the molecule is Cc1cn2nc([C@@H]3CCCCN3C(=O)C3CCC(C4CCCNC4)CC3)cc2nc1N1CC[C@H](N)C1. The molecule has 1 saturated carbocycles. The van der Waals surface area contributed by atoms with Crippen LogP contribution < -0.4 is 16.0 Å². The first kappa shape index (κ1) is 24.2. The Kier molecular flexibility index (Phi) is 6.90. The molecule has 0 spiro atoms. The van der Waals surface area contributed by atoms with Gasteiger partial charge in [-0.25, -0.2) is 9.50 Å². The molecule has 0 bridgehead atoms. The van der Waals surface area contributed by atoms with Crippen molar-refractivity contribution in [1.82, 2.24) is 24.8 Å². The Morgan fingerprint density at radius 1 is 1.03 bits per heavy atom. The summed E-state index contributed by atoms with van der Waals surface area (Å²) in [6.07, 6.45) is 13.5. The summed E-state index contributed by atoms with van der Waals surface area (Å²) in [5.74, 6) is 3.18. The minimum absolute atomic E-state index is 0.0668. The number of rotatable bonds is 4. The van der Waals surface area contributed by atoms with Gasteiger partial charge in [-0.1, -0.05) is 0 Å². The molecule has 3 N–H and O–H groups in total. The topological polar surface area (TPSA) is 91.8 Å². The summed E-state index contributed by atoms with van der Waals surface area (Å²) >= 11 is 0. The maximum absolute atomic E-state index is 13.8. The van der Waals surface area contributed by atoms with Crippen LogP contribution >= 0.6 is 0 Å². The van der Waals surface area contributed by atoms with E-state index in [-0.39, 0.29) is 18.0 Å². The summed E-state index contributed by atoms with van der Waals surface area (Å²) in [7, 11) is 0. The Bertz CT molecular complexity index is 1070. The third-order valence-electron chi connectivity index (χ3n) is 9.40. The number of nitrogens with zero attached hydrogens (tertiary/aromatic N) is 5. The quantitative estimate of drug-likeness (QED) is 0.678. The summed E-state index contributed by atoms with van der Waals surface area (Å²) < 4.78 is 1.91. The summed E-state index contributed by atoms with van der Waals surface area (Å²) in [5.41, 5.74) is 9.13. The molecule has 8 nitrogen and oxygen atoms in total. The Labute approximate surface area is 215 Å². The van der Waals surface area contributed by atoms with Crippen LogP contribution in [0.4, 0.5) is 5.82 Å². The number of nitrogens with two attached hydrogens (primary N) is 1. The van der Waals surface area contributed by atoms with Crippen LogP contribution in [0, 0.1) is 24.7 Å². The van der Waals surface area contributed by atoms with Gasteiger partial charge in [-0.05, 0) is 96.1 Å². The van der Waals surface area contributed by atoms with Gasteiger partial charge in [-0.2, -0.15) is 5.10 Å². The third kappa shape index (κ3) is 4.74. The molecule has 0 radical (unpaired) electrons. The molecule has 1 aliphatic carbocycles. The zero-order valence-corrected chi connectivity index (χ0v) is 21.9. The van der Waals surface area contributed by atoms with Crippen LogP contribution in [0.1, 0.15) is 81.5 Å². The van der Waals surface area contributed by atoms with Gasteiger partial charge in [0.05, 0.1) is 11.7 Å². The molecule has 196 valence electrons. The normalized spacial score (nSPS) is 31.8. The molecule has 4 fully saturated rings. The molecule has 1 amide bonds. The molecule has 0 aromatic carbocycles. The maximum Gasteiger partial charge on any atom is 0.226 e. The van der Waals surface area contributed by atoms with Gasteiger partial charge in [0.15, 0.2) is 5.65 Å². The Hall–Kier alpha value is -2.19. The van der Waals surface area contributed by atoms with Gasteiger partial charge in [0.25, 0.3) is 0 Å². The first-order valence-electron chi connectivity index (χ1n) is 14.5. The minimum Gasteiger partial charge on any atom is -0.355 e. The molecule has 6 rings (SSSR count). The monoisotopic (exact) mass is 493 g/mol. The van der Waals surface area contributed by atoms with Gasteiger partial charge in [-0.15, -0.1) is 0 Å². The second-order valence-corrected chi connectivity index (χ2v) is 11.9. The molecule has 8 heteroatoms. The van der Waals surface area contributed by atoms with Gasteiger partial charge >= 0.3 is 0 Å². The molecule has 3 aliphatic heterocycles. The first-order chi connectivity index (χ1) is 17.6. The van der Waals surface area contributed by atoms with Crippen LogP contribution in [0.2, 0.25) is 0 Å². The lowest BCUT2D eigenvalue weighted by molar-refractivity contribution is -0.141. The van der Waals surface area contributed by atoms with Crippen molar-refractivity contribution in [2.45, 2.75) is 83.2 Å². The van der Waals surface area contributed by atoms with E-state index in [1.807, 2.05) is 4.52 Å². The Balaban J connectivity index is 1.17. The van der Waals surface area contributed by atoms with Crippen molar-refractivity contribution in [3.63, 3.8) is 0 Å². The number of carbonyl (C=O) groups excluding carboxylic acids is 1. The summed E-state index contributed by atoms with van der Waals surface area (Å²) in [6, 6.07) is 2.40. The van der Waals surface area contributed by atoms with Crippen LogP contribution in [-0.4, -0.2) is 64.2 Å². The predicted molar refractivity (Wildman–Crippen MR) is 142 cm³/mol. The number of likely N-dealkylation sites (tertiary alicyclic amines) is 1. The van der Waals surface area contributed by atoms with Crippen molar-refractivity contribution in [2.75, 3.05) is 37.6 Å². The van der Waals surface area contributed by atoms with Crippen molar-refractivity contribution in [3.05, 3.63) is 23.5 Å². The second kappa shape index (κ2) is 10.3. The highest BCUT2D eigenvalue weighted by Crippen LogP contribution is 2.39. The van der Waals surface area contributed by atoms with E-state index in [9.17, 15) is 4.79 Å². The number of nitrogens with one attached hydrogen (secondary N) is 1. The predicted octanol–water partition coefficient (Wildman–Crippen LogP) is 3.43. The molecule has 2 aromatic rings. The van der Waals surface area contributed by atoms with Crippen LogP contribution in [-0.2, 0) is 4.79 Å². The average Bonchev–Trinajstić information content (AvgIpc) is 3.54. The number of hydrogen-bond acceptors (Lipinski definition) is 6. The van der Waals surface area contributed by atoms with Crippen molar-refractivity contribution in [2.24, 2.45) is 23.5 Å². The molecular formula is C28H43N7O. The number of hydrogen-bond donors (Lipinski definition) is 2. The smallest absolute Gasteiger partial charge is 0.226 e. The highest BCUT2D eigenvalue weighted by Gasteiger charge is 2.37. The second-order valence-electron chi connectivity index (χ2n) is 11.9. The Morgan fingerprint density at radius 3 is 2.64 bits per heavy atom.